The molecule has 2 rings (SSSR count). The number of pyridine rings is 1. The topological polar surface area (TPSA) is 90.7 Å². The Labute approximate surface area is 134 Å². The molecule has 1 aromatic carbocycles. The van der Waals surface area contributed by atoms with Gasteiger partial charge >= 0.3 is 12.1 Å². The maximum Gasteiger partial charge on any atom is 0.408 e. The monoisotopic (exact) mass is 314 g/mol. The predicted octanol–water partition coefficient (Wildman–Crippen LogP) is 2.65. The van der Waals surface area contributed by atoms with Crippen molar-refractivity contribution < 1.29 is 19.8 Å². The van der Waals surface area contributed by atoms with Crippen molar-refractivity contribution in [3.8, 4) is 0 Å². The first kappa shape index (κ1) is 16.5. The van der Waals surface area contributed by atoms with Gasteiger partial charge in [-0.2, -0.15) is 0 Å². The first-order valence-corrected chi connectivity index (χ1v) is 7.10. The first-order chi connectivity index (χ1) is 10.9. The number of carbonyl (C=O) groups is 2. The SMILES string of the molecule is CC(Cc1ccccc1)(C(=O)O)N(Cc1ccncc1)C(=O)O. The van der Waals surface area contributed by atoms with Crippen LogP contribution >= 0.6 is 0 Å². The van der Waals surface area contributed by atoms with Crippen molar-refractivity contribution in [2.45, 2.75) is 25.4 Å². The van der Waals surface area contributed by atoms with Crippen LogP contribution in [0.15, 0.2) is 54.9 Å². The highest BCUT2D eigenvalue weighted by Crippen LogP contribution is 2.24. The molecule has 1 aromatic heterocycles. The van der Waals surface area contributed by atoms with Crippen molar-refractivity contribution in [3.63, 3.8) is 0 Å². The molecule has 0 fully saturated rings. The summed E-state index contributed by atoms with van der Waals surface area (Å²) in [6.45, 7) is 1.41. The number of aliphatic carboxylic acids is 1. The molecule has 1 heterocycles. The van der Waals surface area contributed by atoms with Gasteiger partial charge in [0.05, 0.1) is 6.54 Å². The van der Waals surface area contributed by atoms with Gasteiger partial charge in [0.1, 0.15) is 5.54 Å². The van der Waals surface area contributed by atoms with Crippen LogP contribution in [0.25, 0.3) is 0 Å². The van der Waals surface area contributed by atoms with Crippen LogP contribution in [0, 0.1) is 0 Å². The standard InChI is InChI=1S/C17H18N2O4/c1-17(15(20)21,11-13-5-3-2-4-6-13)19(16(22)23)12-14-7-9-18-10-8-14/h2-10H,11-12H2,1H3,(H,20,21)(H,22,23). The molecule has 0 saturated heterocycles. The first-order valence-electron chi connectivity index (χ1n) is 7.10. The molecule has 0 aliphatic heterocycles. The number of nitrogens with zero attached hydrogens (tertiary/aromatic N) is 2. The fourth-order valence-electron chi connectivity index (χ4n) is 2.40. The van der Waals surface area contributed by atoms with Gasteiger partial charge in [-0.25, -0.2) is 9.59 Å². The van der Waals surface area contributed by atoms with Crippen molar-refractivity contribution >= 4 is 12.1 Å². The molecule has 1 amide bonds. The van der Waals surface area contributed by atoms with Crippen LogP contribution in [0.3, 0.4) is 0 Å². The van der Waals surface area contributed by atoms with Crippen LogP contribution in [0.1, 0.15) is 18.1 Å². The second-order valence-corrected chi connectivity index (χ2v) is 5.47. The number of amides is 1. The van der Waals surface area contributed by atoms with Gasteiger partial charge in [-0.15, -0.1) is 0 Å². The van der Waals surface area contributed by atoms with E-state index >= 15 is 0 Å². The van der Waals surface area contributed by atoms with Gasteiger partial charge in [-0.05, 0) is 30.2 Å². The summed E-state index contributed by atoms with van der Waals surface area (Å²) in [6, 6.07) is 12.3. The number of rotatable bonds is 6. The van der Waals surface area contributed by atoms with Gasteiger partial charge in [0, 0.05) is 18.8 Å². The molecule has 0 bridgehead atoms. The van der Waals surface area contributed by atoms with Gasteiger partial charge in [-0.1, -0.05) is 30.3 Å². The summed E-state index contributed by atoms with van der Waals surface area (Å²) in [7, 11) is 0. The summed E-state index contributed by atoms with van der Waals surface area (Å²) in [5, 5.41) is 19.2. The maximum absolute atomic E-state index is 11.8. The molecular weight excluding hydrogens is 296 g/mol. The lowest BCUT2D eigenvalue weighted by Crippen LogP contribution is -2.55. The Kier molecular flexibility index (Phi) is 4.95. The molecule has 0 aliphatic carbocycles. The van der Waals surface area contributed by atoms with Crippen molar-refractivity contribution in [2.24, 2.45) is 0 Å². The Morgan fingerprint density at radius 3 is 2.17 bits per heavy atom. The molecule has 1 atom stereocenters. The van der Waals surface area contributed by atoms with Gasteiger partial charge in [0.2, 0.25) is 0 Å². The van der Waals surface area contributed by atoms with Gasteiger partial charge in [-0.3, -0.25) is 9.88 Å². The summed E-state index contributed by atoms with van der Waals surface area (Å²) >= 11 is 0. The second kappa shape index (κ2) is 6.91. The minimum Gasteiger partial charge on any atom is -0.479 e. The number of hydrogen-bond acceptors (Lipinski definition) is 3. The summed E-state index contributed by atoms with van der Waals surface area (Å²) in [4.78, 5) is 28.4. The van der Waals surface area contributed by atoms with E-state index in [1.165, 1.54) is 6.92 Å². The van der Waals surface area contributed by atoms with E-state index in [9.17, 15) is 19.8 Å². The van der Waals surface area contributed by atoms with E-state index in [1.807, 2.05) is 6.07 Å². The van der Waals surface area contributed by atoms with E-state index in [-0.39, 0.29) is 13.0 Å². The highest BCUT2D eigenvalue weighted by molar-refractivity contribution is 5.83. The number of aromatic nitrogens is 1. The quantitative estimate of drug-likeness (QED) is 0.855. The Bertz CT molecular complexity index is 676. The predicted molar refractivity (Wildman–Crippen MR) is 84.0 cm³/mol. The number of benzene rings is 1. The lowest BCUT2D eigenvalue weighted by atomic mass is 9.90. The van der Waals surface area contributed by atoms with Crippen LogP contribution in [0.2, 0.25) is 0 Å². The lowest BCUT2D eigenvalue weighted by Gasteiger charge is -2.36. The molecule has 2 N–H and O–H groups in total. The van der Waals surface area contributed by atoms with Crippen LogP contribution < -0.4 is 0 Å². The van der Waals surface area contributed by atoms with Crippen LogP contribution in [-0.4, -0.2) is 37.7 Å². The van der Waals surface area contributed by atoms with Crippen molar-refractivity contribution in [2.75, 3.05) is 0 Å². The Balaban J connectivity index is 2.34. The summed E-state index contributed by atoms with van der Waals surface area (Å²) < 4.78 is 0. The molecule has 0 aliphatic rings. The lowest BCUT2D eigenvalue weighted by molar-refractivity contribution is -0.149. The van der Waals surface area contributed by atoms with Gasteiger partial charge < -0.3 is 10.2 Å². The van der Waals surface area contributed by atoms with E-state index in [0.717, 1.165) is 10.5 Å². The van der Waals surface area contributed by atoms with Crippen LogP contribution in [0.5, 0.6) is 0 Å². The van der Waals surface area contributed by atoms with Crippen LogP contribution in [0.4, 0.5) is 4.79 Å². The zero-order chi connectivity index (χ0) is 16.9. The Hall–Kier alpha value is -2.89. The Morgan fingerprint density at radius 2 is 1.65 bits per heavy atom. The fraction of sp³-hybridized carbons (Fsp3) is 0.235. The third-order valence-electron chi connectivity index (χ3n) is 3.77. The van der Waals surface area contributed by atoms with Gasteiger partial charge in [0.25, 0.3) is 0 Å². The summed E-state index contributed by atoms with van der Waals surface area (Å²) in [5.74, 6) is -1.18. The van der Waals surface area contributed by atoms with E-state index in [4.69, 9.17) is 0 Å². The molecule has 0 radical (unpaired) electrons. The van der Waals surface area contributed by atoms with Crippen molar-refractivity contribution in [3.05, 3.63) is 66.0 Å². The Morgan fingerprint density at radius 1 is 1.04 bits per heavy atom. The normalized spacial score (nSPS) is 13.1. The van der Waals surface area contributed by atoms with E-state index in [1.54, 1.807) is 48.8 Å². The molecule has 1 unspecified atom stereocenters. The van der Waals surface area contributed by atoms with Crippen molar-refractivity contribution in [1.29, 1.82) is 0 Å². The van der Waals surface area contributed by atoms with Crippen molar-refractivity contribution in [1.82, 2.24) is 9.88 Å². The maximum atomic E-state index is 11.8. The average molecular weight is 314 g/mol. The number of hydrogen-bond donors (Lipinski definition) is 2. The van der Waals surface area contributed by atoms with E-state index in [0.29, 0.717) is 5.56 Å². The smallest absolute Gasteiger partial charge is 0.408 e. The number of carboxylic acids is 1. The molecule has 6 nitrogen and oxygen atoms in total. The zero-order valence-corrected chi connectivity index (χ0v) is 12.7. The summed E-state index contributed by atoms with van der Waals surface area (Å²) in [5.41, 5.74) is -0.127. The van der Waals surface area contributed by atoms with Gasteiger partial charge in [0.15, 0.2) is 0 Å². The fourth-order valence-corrected chi connectivity index (χ4v) is 2.40. The zero-order valence-electron chi connectivity index (χ0n) is 12.7. The molecule has 2 aromatic rings. The minimum absolute atomic E-state index is 0.0204. The third-order valence-corrected chi connectivity index (χ3v) is 3.77. The highest BCUT2D eigenvalue weighted by atomic mass is 16.4. The van der Waals surface area contributed by atoms with E-state index < -0.39 is 17.6 Å². The minimum atomic E-state index is -1.57. The third kappa shape index (κ3) is 3.85. The average Bonchev–Trinajstić information content (AvgIpc) is 2.54. The van der Waals surface area contributed by atoms with Crippen LogP contribution in [-0.2, 0) is 17.8 Å². The number of carboxylic acid groups (broad SMARTS) is 2. The molecule has 120 valence electrons. The molecule has 23 heavy (non-hydrogen) atoms. The highest BCUT2D eigenvalue weighted by Gasteiger charge is 2.42. The van der Waals surface area contributed by atoms with E-state index in [2.05, 4.69) is 4.98 Å². The largest absolute Gasteiger partial charge is 0.479 e. The molecular formula is C17H18N2O4. The summed E-state index contributed by atoms with van der Waals surface area (Å²) in [6.07, 6.45) is 1.90. The molecule has 0 spiro atoms. The molecule has 6 heteroatoms. The molecule has 0 saturated carbocycles. The second-order valence-electron chi connectivity index (χ2n) is 5.47.